The van der Waals surface area contributed by atoms with E-state index in [9.17, 15) is 18.0 Å². The average Bonchev–Trinajstić information content (AvgIpc) is 3.40. The zero-order valence-electron chi connectivity index (χ0n) is 16.9. The van der Waals surface area contributed by atoms with E-state index in [1.165, 1.54) is 12.1 Å². The zero-order valence-corrected chi connectivity index (χ0v) is 16.9. The first-order chi connectivity index (χ1) is 14.9. The predicted octanol–water partition coefficient (Wildman–Crippen LogP) is 5.39. The van der Waals surface area contributed by atoms with Gasteiger partial charge in [-0.2, -0.15) is 13.2 Å². The van der Waals surface area contributed by atoms with E-state index in [1.807, 2.05) is 23.1 Å². The lowest BCUT2D eigenvalue weighted by Gasteiger charge is -2.22. The first kappa shape index (κ1) is 21.2. The summed E-state index contributed by atoms with van der Waals surface area (Å²) in [5, 5.41) is 2.96. The molecule has 1 aliphatic rings. The largest absolute Gasteiger partial charge is 0.468 e. The average molecular weight is 428 g/mol. The van der Waals surface area contributed by atoms with Gasteiger partial charge in [0.15, 0.2) is 0 Å². The van der Waals surface area contributed by atoms with Gasteiger partial charge in [-0.05, 0) is 54.3 Å². The van der Waals surface area contributed by atoms with Crippen LogP contribution in [-0.4, -0.2) is 16.8 Å². The lowest BCUT2D eigenvalue weighted by atomic mass is 10.1. The van der Waals surface area contributed by atoms with Crippen LogP contribution < -0.4 is 5.32 Å². The second-order valence-corrected chi connectivity index (χ2v) is 7.87. The number of benzene rings is 2. The summed E-state index contributed by atoms with van der Waals surface area (Å²) >= 11 is 0. The van der Waals surface area contributed by atoms with Crippen molar-refractivity contribution in [2.24, 2.45) is 0 Å². The molecule has 1 aliphatic carbocycles. The maximum atomic E-state index is 13.1. The van der Waals surface area contributed by atoms with E-state index in [-0.39, 0.29) is 5.91 Å². The Kier molecular flexibility index (Phi) is 6.13. The molecule has 1 aromatic heterocycles. The molecule has 0 bridgehead atoms. The number of hydrogen-bond donors (Lipinski definition) is 1. The molecule has 2 aromatic carbocycles. The van der Waals surface area contributed by atoms with Gasteiger partial charge in [0.1, 0.15) is 5.76 Å². The molecule has 0 atom stereocenters. The number of nitrogens with zero attached hydrogens (tertiary/aromatic N) is 1. The second-order valence-electron chi connectivity index (χ2n) is 7.87. The van der Waals surface area contributed by atoms with Gasteiger partial charge in [0, 0.05) is 24.7 Å². The fourth-order valence-corrected chi connectivity index (χ4v) is 3.41. The minimum atomic E-state index is -4.38. The van der Waals surface area contributed by atoms with E-state index < -0.39 is 11.7 Å². The summed E-state index contributed by atoms with van der Waals surface area (Å²) in [5.41, 5.74) is 1.48. The number of hydrogen-bond acceptors (Lipinski definition) is 3. The number of carbonyl (C=O) groups excluding carboxylic acids is 1. The van der Waals surface area contributed by atoms with Crippen LogP contribution in [0.2, 0.25) is 0 Å². The van der Waals surface area contributed by atoms with Gasteiger partial charge in [-0.15, -0.1) is 0 Å². The molecule has 0 spiro atoms. The Morgan fingerprint density at radius 3 is 2.35 bits per heavy atom. The third-order valence-corrected chi connectivity index (χ3v) is 5.15. The van der Waals surface area contributed by atoms with E-state index in [0.29, 0.717) is 36.8 Å². The third-order valence-electron chi connectivity index (χ3n) is 5.15. The van der Waals surface area contributed by atoms with Crippen LogP contribution >= 0.6 is 0 Å². The van der Waals surface area contributed by atoms with Gasteiger partial charge in [-0.1, -0.05) is 30.3 Å². The van der Waals surface area contributed by atoms with Crippen LogP contribution in [0.25, 0.3) is 0 Å². The van der Waals surface area contributed by atoms with Crippen molar-refractivity contribution in [2.45, 2.75) is 44.7 Å². The molecule has 1 heterocycles. The summed E-state index contributed by atoms with van der Waals surface area (Å²) in [5.74, 6) is 0.651. The second kappa shape index (κ2) is 8.98. The molecule has 1 fully saturated rings. The molecule has 0 saturated heterocycles. The molecule has 0 unspecified atom stereocenters. The van der Waals surface area contributed by atoms with Crippen molar-refractivity contribution >= 4 is 5.91 Å². The monoisotopic (exact) mass is 428 g/mol. The van der Waals surface area contributed by atoms with Crippen molar-refractivity contribution < 1.29 is 22.4 Å². The van der Waals surface area contributed by atoms with E-state index in [2.05, 4.69) is 5.32 Å². The summed E-state index contributed by atoms with van der Waals surface area (Å²) < 4.78 is 44.7. The lowest BCUT2D eigenvalue weighted by molar-refractivity contribution is -0.137. The molecule has 1 N–H and O–H groups in total. The summed E-state index contributed by atoms with van der Waals surface area (Å²) in [7, 11) is 0. The number of rotatable bonds is 8. The number of alkyl halides is 3. The molecule has 4 rings (SSSR count). The Morgan fingerprint density at radius 2 is 1.71 bits per heavy atom. The molecule has 1 amide bonds. The maximum absolute atomic E-state index is 13.1. The SMILES string of the molecule is O=C(NC1CC1)c1ccc(CN(Cc2cccc(C(F)(F)F)c2)Cc2ccco2)cc1. The molecule has 1 saturated carbocycles. The van der Waals surface area contributed by atoms with Crippen molar-refractivity contribution in [3.05, 3.63) is 94.9 Å². The minimum absolute atomic E-state index is 0.0783. The van der Waals surface area contributed by atoms with Crippen molar-refractivity contribution in [1.82, 2.24) is 10.2 Å². The summed E-state index contributed by atoms with van der Waals surface area (Å²) in [6.45, 7) is 1.28. The topological polar surface area (TPSA) is 45.5 Å². The van der Waals surface area contributed by atoms with Gasteiger partial charge in [-0.25, -0.2) is 0 Å². The first-order valence-corrected chi connectivity index (χ1v) is 10.2. The Hall–Kier alpha value is -3.06. The highest BCUT2D eigenvalue weighted by Gasteiger charge is 2.30. The fraction of sp³-hybridized carbons (Fsp3) is 0.292. The highest BCUT2D eigenvalue weighted by molar-refractivity contribution is 5.94. The molecular formula is C24H23F3N2O2. The first-order valence-electron chi connectivity index (χ1n) is 10.2. The minimum Gasteiger partial charge on any atom is -0.468 e. The van der Waals surface area contributed by atoms with E-state index in [0.717, 1.165) is 30.2 Å². The predicted molar refractivity (Wildman–Crippen MR) is 110 cm³/mol. The number of nitrogens with one attached hydrogen (secondary N) is 1. The standard InChI is InChI=1S/C24H23F3N2O2/c25-24(26,27)20-4-1-3-18(13-20)15-29(16-22-5-2-12-31-22)14-17-6-8-19(9-7-17)23(30)28-21-10-11-21/h1-9,12-13,21H,10-11,14-16H2,(H,28,30). The van der Waals surface area contributed by atoms with Crippen LogP contribution in [0.5, 0.6) is 0 Å². The van der Waals surface area contributed by atoms with Crippen LogP contribution in [0.1, 0.15) is 45.7 Å². The van der Waals surface area contributed by atoms with Crippen LogP contribution in [0, 0.1) is 0 Å². The maximum Gasteiger partial charge on any atom is 0.416 e. The van der Waals surface area contributed by atoms with Gasteiger partial charge >= 0.3 is 6.18 Å². The van der Waals surface area contributed by atoms with Gasteiger partial charge in [0.05, 0.1) is 18.4 Å². The van der Waals surface area contributed by atoms with Crippen LogP contribution in [0.4, 0.5) is 13.2 Å². The Morgan fingerprint density at radius 1 is 0.968 bits per heavy atom. The van der Waals surface area contributed by atoms with Crippen LogP contribution in [-0.2, 0) is 25.8 Å². The normalized spacial score (nSPS) is 14.1. The quantitative estimate of drug-likeness (QED) is 0.523. The van der Waals surface area contributed by atoms with Crippen molar-refractivity contribution in [3.63, 3.8) is 0 Å². The smallest absolute Gasteiger partial charge is 0.416 e. The molecule has 31 heavy (non-hydrogen) atoms. The summed E-state index contributed by atoms with van der Waals surface area (Å²) in [6.07, 6.45) is -0.744. The van der Waals surface area contributed by atoms with E-state index >= 15 is 0 Å². The van der Waals surface area contributed by atoms with Crippen molar-refractivity contribution in [3.8, 4) is 0 Å². The molecule has 3 aromatic rings. The van der Waals surface area contributed by atoms with Crippen molar-refractivity contribution in [1.29, 1.82) is 0 Å². The Labute approximate surface area is 178 Å². The lowest BCUT2D eigenvalue weighted by Crippen LogP contribution is -2.25. The summed E-state index contributed by atoms with van der Waals surface area (Å²) in [4.78, 5) is 14.2. The third kappa shape index (κ3) is 5.98. The number of furan rings is 1. The number of carbonyl (C=O) groups is 1. The Balaban J connectivity index is 1.48. The van der Waals surface area contributed by atoms with Gasteiger partial charge in [0.25, 0.3) is 5.91 Å². The van der Waals surface area contributed by atoms with E-state index in [1.54, 1.807) is 30.5 Å². The van der Waals surface area contributed by atoms with Crippen molar-refractivity contribution in [2.75, 3.05) is 0 Å². The fourth-order valence-electron chi connectivity index (χ4n) is 3.41. The summed E-state index contributed by atoms with van der Waals surface area (Å²) in [6, 6.07) is 16.6. The Bertz CT molecular complexity index is 1010. The molecule has 7 heteroatoms. The number of amides is 1. The highest BCUT2D eigenvalue weighted by Crippen LogP contribution is 2.30. The van der Waals surface area contributed by atoms with E-state index in [4.69, 9.17) is 4.42 Å². The van der Waals surface area contributed by atoms with Gasteiger partial charge in [0.2, 0.25) is 0 Å². The number of halogens is 3. The van der Waals surface area contributed by atoms with Gasteiger partial charge < -0.3 is 9.73 Å². The molecule has 0 radical (unpaired) electrons. The zero-order chi connectivity index (χ0) is 21.8. The molecular weight excluding hydrogens is 405 g/mol. The highest BCUT2D eigenvalue weighted by atomic mass is 19.4. The molecule has 4 nitrogen and oxygen atoms in total. The molecule has 0 aliphatic heterocycles. The van der Waals surface area contributed by atoms with Crippen LogP contribution in [0.15, 0.2) is 71.3 Å². The van der Waals surface area contributed by atoms with Gasteiger partial charge in [-0.3, -0.25) is 9.69 Å². The molecule has 162 valence electrons. The van der Waals surface area contributed by atoms with Crippen LogP contribution in [0.3, 0.4) is 0 Å².